The van der Waals surface area contributed by atoms with Gasteiger partial charge in [0.1, 0.15) is 5.75 Å². The van der Waals surface area contributed by atoms with Crippen molar-refractivity contribution in [2.45, 2.75) is 17.9 Å². The average Bonchev–Trinajstić information content (AvgIpc) is 3.24. The third kappa shape index (κ3) is 5.50. The van der Waals surface area contributed by atoms with E-state index < -0.39 is 9.84 Å². The van der Waals surface area contributed by atoms with Crippen LogP contribution in [0.4, 0.5) is 5.13 Å². The standard InChI is InChI=1S/C23H20ClN3O4S2/c1-31-18-5-7-19(8-6-18)33(29,30)12-10-22(28)27(15-16-3-2-11-25-14-16)23-26-20-9-4-17(24)13-21(20)32-23/h2-9,11,13-14H,10,12,15H2,1H3. The molecule has 0 spiro atoms. The first kappa shape index (κ1) is 23.2. The van der Waals surface area contributed by atoms with Gasteiger partial charge in [-0.1, -0.05) is 29.0 Å². The first-order valence-electron chi connectivity index (χ1n) is 9.98. The van der Waals surface area contributed by atoms with E-state index in [0.717, 1.165) is 10.3 Å². The molecule has 2 heterocycles. The van der Waals surface area contributed by atoms with Crippen molar-refractivity contribution >= 4 is 54.0 Å². The quantitative estimate of drug-likeness (QED) is 0.346. The molecule has 0 N–H and O–H groups in total. The fraction of sp³-hybridized carbons (Fsp3) is 0.174. The Balaban J connectivity index is 1.58. The Labute approximate surface area is 200 Å². The summed E-state index contributed by atoms with van der Waals surface area (Å²) in [5.74, 6) is -0.108. The largest absolute Gasteiger partial charge is 0.497 e. The van der Waals surface area contributed by atoms with Crippen LogP contribution in [-0.4, -0.2) is 37.2 Å². The molecule has 0 saturated carbocycles. The van der Waals surface area contributed by atoms with E-state index >= 15 is 0 Å². The van der Waals surface area contributed by atoms with Gasteiger partial charge in [0.15, 0.2) is 15.0 Å². The number of sulfone groups is 1. The molecule has 0 bridgehead atoms. The Kier molecular flexibility index (Phi) is 6.92. The molecule has 4 rings (SSSR count). The van der Waals surface area contributed by atoms with Gasteiger partial charge in [-0.25, -0.2) is 13.4 Å². The van der Waals surface area contributed by atoms with Gasteiger partial charge < -0.3 is 4.74 Å². The molecule has 10 heteroatoms. The van der Waals surface area contributed by atoms with E-state index in [-0.39, 0.29) is 29.5 Å². The zero-order valence-electron chi connectivity index (χ0n) is 17.6. The summed E-state index contributed by atoms with van der Waals surface area (Å²) in [4.78, 5) is 23.6. The van der Waals surface area contributed by atoms with Gasteiger partial charge in [0.05, 0.1) is 34.5 Å². The SMILES string of the molecule is COc1ccc(S(=O)(=O)CCC(=O)N(Cc2cccnc2)c2nc3ccc(Cl)cc3s2)cc1. The van der Waals surface area contributed by atoms with Gasteiger partial charge in [-0.2, -0.15) is 0 Å². The number of benzene rings is 2. The number of nitrogens with zero attached hydrogens (tertiary/aromatic N) is 3. The number of methoxy groups -OCH3 is 1. The molecule has 0 saturated heterocycles. The maximum Gasteiger partial charge on any atom is 0.230 e. The van der Waals surface area contributed by atoms with E-state index in [0.29, 0.717) is 21.4 Å². The van der Waals surface area contributed by atoms with Crippen molar-refractivity contribution in [1.29, 1.82) is 0 Å². The van der Waals surface area contributed by atoms with E-state index in [1.54, 1.807) is 48.8 Å². The summed E-state index contributed by atoms with van der Waals surface area (Å²) >= 11 is 7.42. The summed E-state index contributed by atoms with van der Waals surface area (Å²) in [6.45, 7) is 0.225. The molecule has 7 nitrogen and oxygen atoms in total. The van der Waals surface area contributed by atoms with Gasteiger partial charge >= 0.3 is 0 Å². The molecule has 1 amide bonds. The van der Waals surface area contributed by atoms with Crippen LogP contribution in [0, 0.1) is 0 Å². The number of anilines is 1. The molecule has 33 heavy (non-hydrogen) atoms. The number of rotatable bonds is 8. The van der Waals surface area contributed by atoms with Gasteiger partial charge in [0.25, 0.3) is 0 Å². The molecule has 170 valence electrons. The van der Waals surface area contributed by atoms with Crippen molar-refractivity contribution in [2.75, 3.05) is 17.8 Å². The van der Waals surface area contributed by atoms with E-state index in [1.807, 2.05) is 6.07 Å². The van der Waals surface area contributed by atoms with Crippen molar-refractivity contribution in [3.63, 3.8) is 0 Å². The summed E-state index contributed by atoms with van der Waals surface area (Å²) < 4.78 is 31.5. The fourth-order valence-corrected chi connectivity index (χ4v) is 5.68. The average molecular weight is 502 g/mol. The number of carbonyl (C=O) groups is 1. The minimum atomic E-state index is -3.65. The van der Waals surface area contributed by atoms with Crippen LogP contribution in [0.15, 0.2) is 71.9 Å². The highest BCUT2D eigenvalue weighted by atomic mass is 35.5. The number of hydrogen-bond acceptors (Lipinski definition) is 7. The van der Waals surface area contributed by atoms with Crippen molar-refractivity contribution in [3.05, 3.63) is 77.6 Å². The Morgan fingerprint density at radius 3 is 2.64 bits per heavy atom. The van der Waals surface area contributed by atoms with Gasteiger partial charge in [-0.05, 0) is 54.1 Å². The Morgan fingerprint density at radius 1 is 1.15 bits per heavy atom. The van der Waals surface area contributed by atoms with Crippen LogP contribution in [0.25, 0.3) is 10.2 Å². The van der Waals surface area contributed by atoms with Crippen LogP contribution in [-0.2, 0) is 21.2 Å². The van der Waals surface area contributed by atoms with Crippen molar-refractivity contribution in [2.24, 2.45) is 0 Å². The van der Waals surface area contributed by atoms with E-state index in [2.05, 4.69) is 9.97 Å². The topological polar surface area (TPSA) is 89.5 Å². The van der Waals surface area contributed by atoms with Crippen LogP contribution >= 0.6 is 22.9 Å². The Hall–Kier alpha value is -3.01. The molecular weight excluding hydrogens is 482 g/mol. The highest BCUT2D eigenvalue weighted by Gasteiger charge is 2.24. The molecule has 0 aliphatic carbocycles. The second-order valence-corrected chi connectivity index (χ2v) is 10.7. The number of halogens is 1. The summed E-state index contributed by atoms with van der Waals surface area (Å²) in [6, 6.07) is 15.1. The number of fused-ring (bicyclic) bond motifs is 1. The number of ether oxygens (including phenoxy) is 1. The predicted molar refractivity (Wildman–Crippen MR) is 130 cm³/mol. The van der Waals surface area contributed by atoms with Crippen LogP contribution in [0.5, 0.6) is 5.75 Å². The normalized spacial score (nSPS) is 11.5. The predicted octanol–water partition coefficient (Wildman–Crippen LogP) is 4.75. The second kappa shape index (κ2) is 9.86. The van der Waals surface area contributed by atoms with Gasteiger partial charge in [-0.15, -0.1) is 0 Å². The van der Waals surface area contributed by atoms with Crippen molar-refractivity contribution in [1.82, 2.24) is 9.97 Å². The highest BCUT2D eigenvalue weighted by Crippen LogP contribution is 2.32. The first-order valence-corrected chi connectivity index (χ1v) is 12.8. The minimum Gasteiger partial charge on any atom is -0.497 e. The molecular formula is C23H20ClN3O4S2. The lowest BCUT2D eigenvalue weighted by atomic mass is 10.2. The second-order valence-electron chi connectivity index (χ2n) is 7.19. The van der Waals surface area contributed by atoms with Gasteiger partial charge in [0, 0.05) is 23.8 Å². The highest BCUT2D eigenvalue weighted by molar-refractivity contribution is 7.91. The van der Waals surface area contributed by atoms with Crippen molar-refractivity contribution in [3.8, 4) is 5.75 Å². The number of hydrogen-bond donors (Lipinski definition) is 0. The zero-order valence-corrected chi connectivity index (χ0v) is 20.0. The van der Waals surface area contributed by atoms with Crippen LogP contribution in [0.3, 0.4) is 0 Å². The van der Waals surface area contributed by atoms with Crippen molar-refractivity contribution < 1.29 is 17.9 Å². The lowest BCUT2D eigenvalue weighted by Gasteiger charge is -2.20. The molecule has 4 aromatic rings. The third-order valence-electron chi connectivity index (χ3n) is 4.94. The Bertz CT molecular complexity index is 1370. The van der Waals surface area contributed by atoms with Gasteiger partial charge in [-0.3, -0.25) is 14.7 Å². The molecule has 0 aliphatic heterocycles. The molecule has 0 radical (unpaired) electrons. The van der Waals surface area contributed by atoms with Crippen LogP contribution in [0.1, 0.15) is 12.0 Å². The number of pyridine rings is 1. The number of amides is 1. The van der Waals surface area contributed by atoms with E-state index in [1.165, 1.54) is 35.5 Å². The maximum absolute atomic E-state index is 13.2. The minimum absolute atomic E-state index is 0.143. The maximum atomic E-state index is 13.2. The first-order chi connectivity index (χ1) is 15.9. The van der Waals surface area contributed by atoms with E-state index in [9.17, 15) is 13.2 Å². The summed E-state index contributed by atoms with van der Waals surface area (Å²) in [6.07, 6.45) is 3.13. The Morgan fingerprint density at radius 2 is 1.94 bits per heavy atom. The molecule has 0 aliphatic rings. The third-order valence-corrected chi connectivity index (χ3v) is 7.95. The molecule has 0 unspecified atom stereocenters. The zero-order chi connectivity index (χ0) is 23.4. The van der Waals surface area contributed by atoms with E-state index in [4.69, 9.17) is 16.3 Å². The summed E-state index contributed by atoms with van der Waals surface area (Å²) in [5.41, 5.74) is 1.52. The number of thiazole rings is 1. The summed E-state index contributed by atoms with van der Waals surface area (Å²) in [7, 11) is -2.14. The number of carbonyl (C=O) groups excluding carboxylic acids is 1. The number of aromatic nitrogens is 2. The lowest BCUT2D eigenvalue weighted by Crippen LogP contribution is -2.31. The smallest absolute Gasteiger partial charge is 0.230 e. The van der Waals surface area contributed by atoms with Crippen LogP contribution in [0.2, 0.25) is 5.02 Å². The molecule has 2 aromatic carbocycles. The molecule has 0 atom stereocenters. The molecule has 0 fully saturated rings. The van der Waals surface area contributed by atoms with Gasteiger partial charge in [0.2, 0.25) is 5.91 Å². The molecule has 2 aromatic heterocycles. The fourth-order valence-electron chi connectivity index (χ4n) is 3.20. The monoisotopic (exact) mass is 501 g/mol. The van der Waals surface area contributed by atoms with Crippen LogP contribution < -0.4 is 9.64 Å². The lowest BCUT2D eigenvalue weighted by molar-refractivity contribution is -0.118. The summed E-state index contributed by atoms with van der Waals surface area (Å²) in [5, 5.41) is 1.05.